The molecule has 0 bridgehead atoms. The Bertz CT molecular complexity index is 337. The summed E-state index contributed by atoms with van der Waals surface area (Å²) in [4.78, 5) is 0. The molecule has 0 aromatic carbocycles. The predicted molar refractivity (Wildman–Crippen MR) is 85.3 cm³/mol. The van der Waals surface area contributed by atoms with Crippen molar-refractivity contribution in [2.24, 2.45) is 0 Å². The average Bonchev–Trinajstić information content (AvgIpc) is 2.28. The van der Waals surface area contributed by atoms with Crippen molar-refractivity contribution in [3.05, 3.63) is 23.9 Å². The molecule has 1 aliphatic rings. The van der Waals surface area contributed by atoms with E-state index in [1.807, 2.05) is 0 Å². The van der Waals surface area contributed by atoms with Gasteiger partial charge in [0.15, 0.2) is 0 Å². The van der Waals surface area contributed by atoms with Gasteiger partial charge in [-0.05, 0) is 46.6 Å². The van der Waals surface area contributed by atoms with Crippen LogP contribution in [0.15, 0.2) is 23.9 Å². The summed E-state index contributed by atoms with van der Waals surface area (Å²) < 4.78 is 0. The van der Waals surface area contributed by atoms with Crippen LogP contribution in [0.1, 0.15) is 67.2 Å². The molecule has 0 spiro atoms. The molecule has 0 saturated heterocycles. The fourth-order valence-electron chi connectivity index (χ4n) is 2.59. The summed E-state index contributed by atoms with van der Waals surface area (Å²) >= 11 is 0. The molecule has 0 amide bonds. The first kappa shape index (κ1) is 16.3. The van der Waals surface area contributed by atoms with E-state index >= 15 is 0 Å². The monoisotopic (exact) mass is 264 g/mol. The summed E-state index contributed by atoms with van der Waals surface area (Å²) in [5, 5.41) is 7.42. The summed E-state index contributed by atoms with van der Waals surface area (Å²) in [5.74, 6) is 0. The second-order valence-corrected chi connectivity index (χ2v) is 7.03. The SMILES string of the molecule is CCCC(C)(C)NC1C=CC=C(NC(C)(C)CC)C1. The minimum atomic E-state index is 0.181. The van der Waals surface area contributed by atoms with Crippen LogP contribution < -0.4 is 10.6 Å². The zero-order valence-corrected chi connectivity index (χ0v) is 13.6. The van der Waals surface area contributed by atoms with E-state index in [1.54, 1.807) is 0 Å². The van der Waals surface area contributed by atoms with Crippen LogP contribution in [0.5, 0.6) is 0 Å². The number of hydrogen-bond acceptors (Lipinski definition) is 2. The maximum Gasteiger partial charge on any atom is 0.0312 e. The summed E-state index contributed by atoms with van der Waals surface area (Å²) in [5.41, 5.74) is 1.74. The fraction of sp³-hybridized carbons (Fsp3) is 0.765. The molecule has 1 atom stereocenters. The van der Waals surface area contributed by atoms with Crippen molar-refractivity contribution in [1.82, 2.24) is 10.6 Å². The molecule has 1 unspecified atom stereocenters. The van der Waals surface area contributed by atoms with Crippen LogP contribution in [0.25, 0.3) is 0 Å². The van der Waals surface area contributed by atoms with Crippen LogP contribution in [0.4, 0.5) is 0 Å². The second-order valence-electron chi connectivity index (χ2n) is 7.03. The lowest BCUT2D eigenvalue weighted by atomic mass is 9.94. The number of nitrogens with one attached hydrogen (secondary N) is 2. The Morgan fingerprint density at radius 2 is 1.84 bits per heavy atom. The third kappa shape index (κ3) is 5.82. The van der Waals surface area contributed by atoms with Crippen LogP contribution in [-0.4, -0.2) is 17.1 Å². The van der Waals surface area contributed by atoms with Gasteiger partial charge in [-0.1, -0.05) is 32.4 Å². The molecule has 0 aromatic heterocycles. The third-order valence-electron chi connectivity index (χ3n) is 3.91. The predicted octanol–water partition coefficient (Wildman–Crippen LogP) is 4.15. The number of hydrogen-bond donors (Lipinski definition) is 2. The minimum absolute atomic E-state index is 0.181. The molecule has 1 rings (SSSR count). The van der Waals surface area contributed by atoms with Gasteiger partial charge in [0.05, 0.1) is 0 Å². The van der Waals surface area contributed by atoms with Crippen molar-refractivity contribution in [2.75, 3.05) is 0 Å². The zero-order valence-electron chi connectivity index (χ0n) is 13.6. The average molecular weight is 264 g/mol. The Morgan fingerprint density at radius 3 is 2.42 bits per heavy atom. The van der Waals surface area contributed by atoms with E-state index in [2.05, 4.69) is 70.4 Å². The number of rotatable bonds is 7. The Kier molecular flexibility index (Phi) is 5.66. The lowest BCUT2D eigenvalue weighted by Crippen LogP contribution is -2.47. The lowest BCUT2D eigenvalue weighted by Gasteiger charge is -2.34. The largest absolute Gasteiger partial charge is 0.383 e. The highest BCUT2D eigenvalue weighted by atomic mass is 15.0. The normalized spacial score (nSPS) is 20.3. The van der Waals surface area contributed by atoms with Crippen LogP contribution in [-0.2, 0) is 0 Å². The molecule has 2 N–H and O–H groups in total. The third-order valence-corrected chi connectivity index (χ3v) is 3.91. The molecule has 0 saturated carbocycles. The van der Waals surface area contributed by atoms with Crippen molar-refractivity contribution in [3.8, 4) is 0 Å². The van der Waals surface area contributed by atoms with Crippen molar-refractivity contribution in [1.29, 1.82) is 0 Å². The molecule has 110 valence electrons. The van der Waals surface area contributed by atoms with Crippen molar-refractivity contribution in [3.63, 3.8) is 0 Å². The Morgan fingerprint density at radius 1 is 1.16 bits per heavy atom. The minimum Gasteiger partial charge on any atom is -0.383 e. The van der Waals surface area contributed by atoms with E-state index in [0.29, 0.717) is 6.04 Å². The molecule has 1 aliphatic carbocycles. The topological polar surface area (TPSA) is 24.1 Å². The molecule has 2 nitrogen and oxygen atoms in total. The van der Waals surface area contributed by atoms with E-state index in [0.717, 1.165) is 12.8 Å². The lowest BCUT2D eigenvalue weighted by molar-refractivity contribution is 0.324. The van der Waals surface area contributed by atoms with E-state index in [-0.39, 0.29) is 11.1 Å². The van der Waals surface area contributed by atoms with Gasteiger partial charge in [-0.15, -0.1) is 0 Å². The smallest absolute Gasteiger partial charge is 0.0312 e. The van der Waals surface area contributed by atoms with Gasteiger partial charge in [-0.25, -0.2) is 0 Å². The molecule has 0 aliphatic heterocycles. The Hall–Kier alpha value is -0.760. The molecular formula is C17H32N2. The van der Waals surface area contributed by atoms with Gasteiger partial charge in [0, 0.05) is 29.2 Å². The first-order valence-electron chi connectivity index (χ1n) is 7.71. The van der Waals surface area contributed by atoms with Gasteiger partial charge in [-0.2, -0.15) is 0 Å². The van der Waals surface area contributed by atoms with Crippen LogP contribution in [0, 0.1) is 0 Å². The van der Waals surface area contributed by atoms with Gasteiger partial charge in [0.2, 0.25) is 0 Å². The van der Waals surface area contributed by atoms with Crippen molar-refractivity contribution in [2.45, 2.75) is 84.3 Å². The summed E-state index contributed by atoms with van der Waals surface area (Å²) in [7, 11) is 0. The molecule has 0 aromatic rings. The molecule has 19 heavy (non-hydrogen) atoms. The Labute approximate surface area is 119 Å². The van der Waals surface area contributed by atoms with Gasteiger partial charge in [-0.3, -0.25) is 0 Å². The van der Waals surface area contributed by atoms with E-state index in [4.69, 9.17) is 0 Å². The van der Waals surface area contributed by atoms with Crippen molar-refractivity contribution >= 4 is 0 Å². The van der Waals surface area contributed by atoms with E-state index in [1.165, 1.54) is 18.5 Å². The van der Waals surface area contributed by atoms with Gasteiger partial charge in [0.1, 0.15) is 0 Å². The quantitative estimate of drug-likeness (QED) is 0.722. The van der Waals surface area contributed by atoms with Crippen LogP contribution >= 0.6 is 0 Å². The molecule has 0 radical (unpaired) electrons. The maximum absolute atomic E-state index is 3.76. The first-order chi connectivity index (χ1) is 8.78. The molecule has 0 heterocycles. The second kappa shape index (κ2) is 6.60. The summed E-state index contributed by atoms with van der Waals surface area (Å²) in [6, 6.07) is 0.446. The van der Waals surface area contributed by atoms with E-state index < -0.39 is 0 Å². The van der Waals surface area contributed by atoms with E-state index in [9.17, 15) is 0 Å². The van der Waals surface area contributed by atoms with Gasteiger partial charge < -0.3 is 10.6 Å². The maximum atomic E-state index is 3.76. The first-order valence-corrected chi connectivity index (χ1v) is 7.71. The van der Waals surface area contributed by atoms with Crippen LogP contribution in [0.3, 0.4) is 0 Å². The highest BCUT2D eigenvalue weighted by molar-refractivity contribution is 5.22. The van der Waals surface area contributed by atoms with Gasteiger partial charge in [0.25, 0.3) is 0 Å². The van der Waals surface area contributed by atoms with Crippen LogP contribution in [0.2, 0.25) is 0 Å². The summed E-state index contributed by atoms with van der Waals surface area (Å²) in [6.07, 6.45) is 11.3. The molecule has 2 heteroatoms. The highest BCUT2D eigenvalue weighted by Crippen LogP contribution is 2.20. The highest BCUT2D eigenvalue weighted by Gasteiger charge is 2.23. The van der Waals surface area contributed by atoms with Gasteiger partial charge >= 0.3 is 0 Å². The fourth-order valence-corrected chi connectivity index (χ4v) is 2.59. The summed E-state index contributed by atoms with van der Waals surface area (Å²) in [6.45, 7) is 13.6. The zero-order chi connectivity index (χ0) is 14.5. The standard InChI is InChI=1S/C17H32N2/c1-7-12-17(5,6)19-15-11-9-10-14(13-15)18-16(3,4)8-2/h9-11,15,18-19H,7-8,12-13H2,1-6H3. The molecule has 0 fully saturated rings. The number of allylic oxidation sites excluding steroid dienone is 2. The Balaban J connectivity index is 2.55. The molecular weight excluding hydrogens is 232 g/mol. The van der Waals surface area contributed by atoms with Crippen molar-refractivity contribution < 1.29 is 0 Å².